The molecule has 8 heteroatoms. The molecular weight excluding hydrogens is 360 g/mol. The standard InChI is InChI=1S/C5H12NO2.4O.Os/c1-6(7)2-4-8-5-3-6;;;;;/h7H,2-5H2,1H3;;;;;/q+1;;;;;. The predicted molar refractivity (Wildman–Crippen MR) is 31.3 cm³/mol. The number of hydrogen-bond donors (Lipinski definition) is 1. The van der Waals surface area contributed by atoms with Gasteiger partial charge in [0.2, 0.25) is 0 Å². The van der Waals surface area contributed by atoms with Gasteiger partial charge < -0.3 is 4.74 Å². The maximum atomic E-state index is 9.23. The molecule has 1 fully saturated rings. The van der Waals surface area contributed by atoms with Crippen LogP contribution < -0.4 is 0 Å². The number of hydrogen-bond acceptors (Lipinski definition) is 6. The first kappa shape index (κ1) is 12.7. The fourth-order valence-corrected chi connectivity index (χ4v) is 0.736. The predicted octanol–water partition coefficient (Wildman–Crippen LogP) is -0.625. The molecule has 1 saturated heterocycles. The van der Waals surface area contributed by atoms with Crippen molar-refractivity contribution < 1.29 is 43.6 Å². The summed E-state index contributed by atoms with van der Waals surface area (Å²) in [7, 11) is 1.79. The van der Waals surface area contributed by atoms with Crippen molar-refractivity contribution in [3.05, 3.63) is 0 Å². The zero-order valence-electron chi connectivity index (χ0n) is 7.12. The molecular formula is C5H12NO6Os+. The van der Waals surface area contributed by atoms with Crippen LogP contribution >= 0.6 is 0 Å². The number of hydroxylamine groups is 3. The summed E-state index contributed by atoms with van der Waals surface area (Å²) in [6, 6.07) is 0. The van der Waals surface area contributed by atoms with E-state index in [4.69, 9.17) is 18.9 Å². The van der Waals surface area contributed by atoms with Gasteiger partial charge in [0.05, 0.1) is 20.3 Å². The van der Waals surface area contributed by atoms with Crippen LogP contribution in [0.15, 0.2) is 0 Å². The topological polar surface area (TPSA) is 97.7 Å². The molecule has 0 aromatic heterocycles. The van der Waals surface area contributed by atoms with E-state index in [1.807, 2.05) is 0 Å². The second kappa shape index (κ2) is 4.82. The van der Waals surface area contributed by atoms with Gasteiger partial charge in [-0.1, -0.05) is 0 Å². The first-order chi connectivity index (χ1) is 5.71. The third-order valence-electron chi connectivity index (χ3n) is 1.43. The molecule has 7 nitrogen and oxygen atoms in total. The van der Waals surface area contributed by atoms with E-state index < -0.39 is 14.8 Å². The van der Waals surface area contributed by atoms with Gasteiger partial charge in [0.1, 0.15) is 13.1 Å². The molecule has 0 spiro atoms. The van der Waals surface area contributed by atoms with Gasteiger partial charge in [-0.2, -0.15) is 4.65 Å². The van der Waals surface area contributed by atoms with E-state index in [0.717, 1.165) is 13.1 Å². The van der Waals surface area contributed by atoms with Gasteiger partial charge in [-0.3, -0.25) is 0 Å². The Labute approximate surface area is 77.4 Å². The van der Waals surface area contributed by atoms with Crippen LogP contribution in [0.25, 0.3) is 0 Å². The molecule has 0 aliphatic carbocycles. The normalized spacial score (nSPS) is 21.4. The van der Waals surface area contributed by atoms with Crippen molar-refractivity contribution in [3.8, 4) is 0 Å². The van der Waals surface area contributed by atoms with Crippen LogP contribution in [0, 0.1) is 0 Å². The Hall–Kier alpha value is -0.284. The number of rotatable bonds is 0. The van der Waals surface area contributed by atoms with Crippen LogP contribution in [0.4, 0.5) is 0 Å². The van der Waals surface area contributed by atoms with Gasteiger partial charge >= 0.3 is 29.0 Å². The minimum atomic E-state index is -6.06. The number of ether oxygens (including phenoxy) is 1. The Balaban J connectivity index is 0.000000252. The maximum absolute atomic E-state index is 9.23. The molecule has 0 aromatic rings. The quantitative estimate of drug-likeness (QED) is 0.569. The van der Waals surface area contributed by atoms with Crippen LogP contribution in [-0.4, -0.2) is 43.2 Å². The number of nitrogens with zero attached hydrogens (tertiary/aromatic N) is 1. The first-order valence-electron chi connectivity index (χ1n) is 3.43. The molecule has 0 atom stereocenters. The SMILES string of the molecule is C[N+]1(O)CCOCC1.[O]=[Os](=[O])(=[O])=[O]. The molecule has 0 bridgehead atoms. The van der Waals surface area contributed by atoms with Crippen LogP contribution in [0.2, 0.25) is 0 Å². The number of likely N-dealkylation sites (N-methyl/N-ethyl adjacent to an activating group) is 1. The Morgan fingerprint density at radius 2 is 1.46 bits per heavy atom. The van der Waals surface area contributed by atoms with E-state index in [-0.39, 0.29) is 4.65 Å². The zero-order chi connectivity index (χ0) is 10.5. The monoisotopic (exact) mass is 374 g/mol. The van der Waals surface area contributed by atoms with Crippen LogP contribution in [0.1, 0.15) is 0 Å². The van der Waals surface area contributed by atoms with Gasteiger partial charge in [0, 0.05) is 0 Å². The van der Waals surface area contributed by atoms with Crippen LogP contribution in [-0.2, 0) is 33.7 Å². The summed E-state index contributed by atoms with van der Waals surface area (Å²) in [5.41, 5.74) is 0. The Morgan fingerprint density at radius 3 is 1.62 bits per heavy atom. The van der Waals surface area contributed by atoms with Gasteiger partial charge in [-0.25, -0.2) is 5.21 Å². The van der Waals surface area contributed by atoms with Crippen molar-refractivity contribution in [2.75, 3.05) is 33.4 Å². The summed E-state index contributed by atoms with van der Waals surface area (Å²) in [6.45, 7) is 2.82. The molecule has 0 radical (unpaired) electrons. The van der Waals surface area contributed by atoms with E-state index in [2.05, 4.69) is 0 Å². The summed E-state index contributed by atoms with van der Waals surface area (Å²) in [5, 5.41) is 9.23. The Morgan fingerprint density at radius 1 is 1.15 bits per heavy atom. The van der Waals surface area contributed by atoms with E-state index >= 15 is 0 Å². The summed E-state index contributed by atoms with van der Waals surface area (Å²) < 4.78 is 39.7. The van der Waals surface area contributed by atoms with Crippen molar-refractivity contribution in [1.29, 1.82) is 0 Å². The molecule has 80 valence electrons. The summed E-state index contributed by atoms with van der Waals surface area (Å²) in [4.78, 5) is 0. The molecule has 1 aliphatic rings. The van der Waals surface area contributed by atoms with Crippen molar-refractivity contribution in [3.63, 3.8) is 0 Å². The third-order valence-corrected chi connectivity index (χ3v) is 1.43. The minimum absolute atomic E-state index is 0.125. The molecule has 0 aromatic carbocycles. The van der Waals surface area contributed by atoms with E-state index in [1.54, 1.807) is 7.05 Å². The van der Waals surface area contributed by atoms with Crippen molar-refractivity contribution in [2.24, 2.45) is 0 Å². The van der Waals surface area contributed by atoms with E-state index in [0.29, 0.717) is 13.2 Å². The molecule has 13 heavy (non-hydrogen) atoms. The molecule has 1 heterocycles. The Bertz CT molecular complexity index is 303. The Kier molecular flexibility index (Phi) is 4.71. The summed E-state index contributed by atoms with van der Waals surface area (Å²) in [5.74, 6) is 0. The van der Waals surface area contributed by atoms with Gasteiger partial charge in [0.15, 0.2) is 0 Å². The summed E-state index contributed by atoms with van der Waals surface area (Å²) >= 11 is -6.06. The average molecular weight is 372 g/mol. The van der Waals surface area contributed by atoms with Gasteiger partial charge in [-0.05, 0) is 0 Å². The average Bonchev–Trinajstić information content (AvgIpc) is 1.82. The van der Waals surface area contributed by atoms with Crippen molar-refractivity contribution in [1.82, 2.24) is 0 Å². The zero-order valence-corrected chi connectivity index (χ0v) is 9.66. The van der Waals surface area contributed by atoms with Crippen molar-refractivity contribution in [2.45, 2.75) is 0 Å². The number of quaternary nitrogens is 1. The second-order valence-corrected chi connectivity index (χ2v) is 5.29. The molecule has 0 saturated carbocycles. The van der Waals surface area contributed by atoms with Gasteiger partial charge in [0.25, 0.3) is 0 Å². The fourth-order valence-electron chi connectivity index (χ4n) is 0.736. The number of morpholine rings is 1. The first-order valence-corrected chi connectivity index (χ1v) is 7.58. The molecule has 0 unspecified atom stereocenters. The van der Waals surface area contributed by atoms with Gasteiger partial charge in [-0.15, -0.1) is 0 Å². The molecule has 1 aliphatic heterocycles. The second-order valence-electron chi connectivity index (χ2n) is 2.75. The molecule has 1 rings (SSSR count). The van der Waals surface area contributed by atoms with E-state index in [1.165, 1.54) is 0 Å². The van der Waals surface area contributed by atoms with Crippen LogP contribution in [0.5, 0.6) is 0 Å². The molecule has 1 N–H and O–H groups in total. The van der Waals surface area contributed by atoms with E-state index in [9.17, 15) is 5.21 Å². The van der Waals surface area contributed by atoms with Crippen molar-refractivity contribution >= 4 is 0 Å². The molecule has 0 amide bonds. The summed E-state index contributed by atoms with van der Waals surface area (Å²) in [6.07, 6.45) is 0. The van der Waals surface area contributed by atoms with Crippen LogP contribution in [0.3, 0.4) is 0 Å². The fraction of sp³-hybridized carbons (Fsp3) is 1.00. The third kappa shape index (κ3) is 11.7.